The summed E-state index contributed by atoms with van der Waals surface area (Å²) in [6.45, 7) is 7.83. The number of guanidine groups is 1. The van der Waals surface area contributed by atoms with Crippen LogP contribution in [0.25, 0.3) is 0 Å². The highest BCUT2D eigenvalue weighted by Crippen LogP contribution is 2.36. The number of hydrogen-bond acceptors (Lipinski definition) is 2. The van der Waals surface area contributed by atoms with Gasteiger partial charge in [0.25, 0.3) is 0 Å². The lowest BCUT2D eigenvalue weighted by atomic mass is 9.93. The highest BCUT2D eigenvalue weighted by Gasteiger charge is 2.33. The van der Waals surface area contributed by atoms with Crippen LogP contribution < -0.4 is 5.32 Å². The second-order valence-corrected chi connectivity index (χ2v) is 6.69. The van der Waals surface area contributed by atoms with Crippen LogP contribution in [-0.4, -0.2) is 47.1 Å². The number of rotatable bonds is 3. The highest BCUT2D eigenvalue weighted by molar-refractivity contribution is 14.0. The smallest absolute Gasteiger partial charge is 0.193 e. The Bertz CT molecular complexity index is 487. The van der Waals surface area contributed by atoms with E-state index in [1.165, 1.54) is 12.8 Å². The van der Waals surface area contributed by atoms with Crippen LogP contribution in [0.5, 0.6) is 0 Å². The van der Waals surface area contributed by atoms with E-state index in [0.29, 0.717) is 12.0 Å². The van der Waals surface area contributed by atoms with Gasteiger partial charge < -0.3 is 14.8 Å². The lowest BCUT2D eigenvalue weighted by molar-refractivity contribution is 0.189. The van der Waals surface area contributed by atoms with Gasteiger partial charge in [0.1, 0.15) is 0 Å². The molecule has 2 heterocycles. The van der Waals surface area contributed by atoms with E-state index < -0.39 is 0 Å². The number of imidazole rings is 1. The van der Waals surface area contributed by atoms with Crippen molar-refractivity contribution in [2.45, 2.75) is 32.7 Å². The van der Waals surface area contributed by atoms with Gasteiger partial charge in [0.05, 0.1) is 12.4 Å². The zero-order valence-electron chi connectivity index (χ0n) is 13.8. The van der Waals surface area contributed by atoms with Crippen molar-refractivity contribution in [3.63, 3.8) is 0 Å². The van der Waals surface area contributed by atoms with Crippen molar-refractivity contribution in [2.75, 3.05) is 26.7 Å². The van der Waals surface area contributed by atoms with Crippen molar-refractivity contribution >= 4 is 29.9 Å². The first-order valence-electron chi connectivity index (χ1n) is 8.12. The number of halogens is 1. The van der Waals surface area contributed by atoms with Gasteiger partial charge in [0, 0.05) is 39.1 Å². The molecular formula is C16H28IN5. The molecule has 22 heavy (non-hydrogen) atoms. The van der Waals surface area contributed by atoms with E-state index in [1.807, 2.05) is 19.6 Å². The number of nitrogens with zero attached hydrogens (tertiary/aromatic N) is 4. The van der Waals surface area contributed by atoms with Crippen molar-refractivity contribution in [3.8, 4) is 0 Å². The monoisotopic (exact) mass is 417 g/mol. The number of aliphatic imine (C=N–C) groups is 1. The molecule has 1 aromatic heterocycles. The fraction of sp³-hybridized carbons (Fsp3) is 0.750. The molecule has 1 aromatic rings. The molecule has 3 rings (SSSR count). The Morgan fingerprint density at radius 3 is 2.73 bits per heavy atom. The van der Waals surface area contributed by atoms with Gasteiger partial charge >= 0.3 is 0 Å². The molecule has 0 amide bonds. The molecule has 1 N–H and O–H groups in total. The Morgan fingerprint density at radius 2 is 2.14 bits per heavy atom. The second kappa shape index (κ2) is 7.66. The molecule has 0 aromatic carbocycles. The Hall–Kier alpha value is -0.790. The number of hydrogen-bond donors (Lipinski definition) is 1. The Kier molecular flexibility index (Phi) is 6.11. The zero-order valence-corrected chi connectivity index (χ0v) is 16.1. The van der Waals surface area contributed by atoms with Crippen LogP contribution in [0.15, 0.2) is 23.7 Å². The third kappa shape index (κ3) is 3.94. The summed E-state index contributed by atoms with van der Waals surface area (Å²) in [6.07, 6.45) is 8.44. The molecule has 5 nitrogen and oxygen atoms in total. The number of nitrogens with one attached hydrogen (secondary N) is 1. The Balaban J connectivity index is 0.00000176. The number of aromatic nitrogens is 2. The maximum Gasteiger partial charge on any atom is 0.193 e. The zero-order chi connectivity index (χ0) is 14.8. The summed E-state index contributed by atoms with van der Waals surface area (Å²) in [5, 5.41) is 3.56. The third-order valence-electron chi connectivity index (χ3n) is 5.14. The predicted octanol–water partition coefficient (Wildman–Crippen LogP) is 2.62. The number of likely N-dealkylation sites (tertiary alicyclic amines) is 1. The van der Waals surface area contributed by atoms with Gasteiger partial charge in [-0.1, -0.05) is 13.8 Å². The van der Waals surface area contributed by atoms with E-state index in [1.54, 1.807) is 0 Å². The predicted molar refractivity (Wildman–Crippen MR) is 101 cm³/mol. The third-order valence-corrected chi connectivity index (χ3v) is 5.14. The molecule has 1 saturated carbocycles. The van der Waals surface area contributed by atoms with E-state index >= 15 is 0 Å². The molecule has 4 atom stereocenters. The van der Waals surface area contributed by atoms with Crippen LogP contribution >= 0.6 is 24.0 Å². The molecule has 1 aliphatic carbocycles. The van der Waals surface area contributed by atoms with Crippen LogP contribution in [0.4, 0.5) is 0 Å². The molecule has 4 unspecified atom stereocenters. The normalized spacial score (nSPS) is 31.6. The van der Waals surface area contributed by atoms with Crippen molar-refractivity contribution in [1.82, 2.24) is 19.8 Å². The standard InChI is InChI=1S/C16H27N5.HI/c1-12-4-6-20(10-15(12)21-7-5-18-11-21)16(17-3)19-9-14-8-13(14)2;/h5,7,11-15H,4,6,8-10H2,1-3H3,(H,17,19);1H. The van der Waals surface area contributed by atoms with Crippen molar-refractivity contribution in [2.24, 2.45) is 22.7 Å². The average Bonchev–Trinajstić information content (AvgIpc) is 2.97. The van der Waals surface area contributed by atoms with Crippen LogP contribution in [0.3, 0.4) is 0 Å². The first kappa shape index (κ1) is 17.6. The SMILES string of the molecule is CN=C(NCC1CC1C)N1CCC(C)C(n2ccnc2)C1.I. The van der Waals surface area contributed by atoms with E-state index in [2.05, 4.69) is 44.8 Å². The fourth-order valence-corrected chi connectivity index (χ4v) is 3.33. The Labute approximate surface area is 150 Å². The summed E-state index contributed by atoms with van der Waals surface area (Å²) in [5.41, 5.74) is 0. The second-order valence-electron chi connectivity index (χ2n) is 6.69. The first-order chi connectivity index (χ1) is 10.2. The molecule has 2 fully saturated rings. The molecule has 2 aliphatic rings. The van der Waals surface area contributed by atoms with Gasteiger partial charge in [-0.25, -0.2) is 4.98 Å². The summed E-state index contributed by atoms with van der Waals surface area (Å²) in [4.78, 5) is 11.1. The largest absolute Gasteiger partial charge is 0.356 e. The molecule has 1 aliphatic heterocycles. The average molecular weight is 417 g/mol. The van der Waals surface area contributed by atoms with Gasteiger partial charge in [0.15, 0.2) is 5.96 Å². The quantitative estimate of drug-likeness (QED) is 0.467. The fourth-order valence-electron chi connectivity index (χ4n) is 3.33. The minimum absolute atomic E-state index is 0. The molecule has 124 valence electrons. The summed E-state index contributed by atoms with van der Waals surface area (Å²) < 4.78 is 2.24. The van der Waals surface area contributed by atoms with E-state index in [9.17, 15) is 0 Å². The van der Waals surface area contributed by atoms with Crippen LogP contribution in [0.2, 0.25) is 0 Å². The van der Waals surface area contributed by atoms with Gasteiger partial charge in [0.2, 0.25) is 0 Å². The summed E-state index contributed by atoms with van der Waals surface area (Å²) >= 11 is 0. The first-order valence-corrected chi connectivity index (χ1v) is 8.12. The topological polar surface area (TPSA) is 45.5 Å². The van der Waals surface area contributed by atoms with E-state index in [-0.39, 0.29) is 24.0 Å². The van der Waals surface area contributed by atoms with Crippen LogP contribution in [0.1, 0.15) is 32.7 Å². The molecule has 0 bridgehead atoms. The van der Waals surface area contributed by atoms with Gasteiger partial charge in [-0.15, -0.1) is 24.0 Å². The van der Waals surface area contributed by atoms with Crippen molar-refractivity contribution in [3.05, 3.63) is 18.7 Å². The van der Waals surface area contributed by atoms with Crippen molar-refractivity contribution in [1.29, 1.82) is 0 Å². The van der Waals surface area contributed by atoms with Gasteiger partial charge in [-0.05, 0) is 30.6 Å². The molecule has 0 spiro atoms. The van der Waals surface area contributed by atoms with Crippen molar-refractivity contribution < 1.29 is 0 Å². The minimum atomic E-state index is 0. The molecular weight excluding hydrogens is 389 g/mol. The molecule has 0 radical (unpaired) electrons. The lowest BCUT2D eigenvalue weighted by Crippen LogP contribution is -2.49. The minimum Gasteiger partial charge on any atom is -0.356 e. The van der Waals surface area contributed by atoms with Crippen LogP contribution in [0, 0.1) is 17.8 Å². The summed E-state index contributed by atoms with van der Waals surface area (Å²) in [6, 6.07) is 0.486. The maximum absolute atomic E-state index is 4.48. The highest BCUT2D eigenvalue weighted by atomic mass is 127. The summed E-state index contributed by atoms with van der Waals surface area (Å²) in [5.74, 6) is 3.47. The molecule has 1 saturated heterocycles. The van der Waals surface area contributed by atoms with E-state index in [4.69, 9.17) is 0 Å². The summed E-state index contributed by atoms with van der Waals surface area (Å²) in [7, 11) is 1.89. The van der Waals surface area contributed by atoms with Crippen LogP contribution in [-0.2, 0) is 0 Å². The van der Waals surface area contributed by atoms with Gasteiger partial charge in [-0.3, -0.25) is 4.99 Å². The maximum atomic E-state index is 4.48. The van der Waals surface area contributed by atoms with Gasteiger partial charge in [-0.2, -0.15) is 0 Å². The Morgan fingerprint density at radius 1 is 1.36 bits per heavy atom. The number of piperidine rings is 1. The van der Waals surface area contributed by atoms with E-state index in [0.717, 1.165) is 37.4 Å². The lowest BCUT2D eigenvalue weighted by Gasteiger charge is -2.39. The molecule has 6 heteroatoms.